The van der Waals surface area contributed by atoms with E-state index < -0.39 is 11.7 Å². The number of hydrogen-bond acceptors (Lipinski definition) is 5. The van der Waals surface area contributed by atoms with Gasteiger partial charge in [-0.1, -0.05) is 20.8 Å². The van der Waals surface area contributed by atoms with Gasteiger partial charge in [-0.2, -0.15) is 0 Å². The fourth-order valence-corrected chi connectivity index (χ4v) is 11.2. The van der Waals surface area contributed by atoms with E-state index in [0.717, 1.165) is 51.5 Å². The van der Waals surface area contributed by atoms with Crippen molar-refractivity contribution in [1.29, 1.82) is 0 Å². The SMILES string of the molecule is CC(=O)O[C@@H]1CC[C@@]2(C)[C@H](C1)[C@H](O)C[C@@H]1[C@@H]2C[C@H]2[C@@H]3C[N+]4([O-])C[C@@H](C)CC[C@H]4[C@H](C)[C@H]3CC[C@@]12O. The van der Waals surface area contributed by atoms with E-state index in [2.05, 4.69) is 20.8 Å². The second-order valence-corrected chi connectivity index (χ2v) is 14.3. The minimum absolute atomic E-state index is 0.0298. The Morgan fingerprint density at radius 3 is 2.46 bits per heavy atom. The van der Waals surface area contributed by atoms with Gasteiger partial charge in [0.25, 0.3) is 0 Å². The molecule has 198 valence electrons. The van der Waals surface area contributed by atoms with Gasteiger partial charge in [-0.05, 0) is 86.4 Å². The summed E-state index contributed by atoms with van der Waals surface area (Å²) in [4.78, 5) is 11.6. The molecule has 6 rings (SSSR count). The van der Waals surface area contributed by atoms with Crippen molar-refractivity contribution in [2.75, 3.05) is 13.1 Å². The molecule has 2 N–H and O–H groups in total. The number of hydrogen-bond donors (Lipinski definition) is 2. The molecule has 2 saturated heterocycles. The van der Waals surface area contributed by atoms with Gasteiger partial charge in [-0.3, -0.25) is 4.79 Å². The minimum atomic E-state index is -0.749. The van der Waals surface area contributed by atoms with Gasteiger partial charge in [-0.15, -0.1) is 0 Å². The van der Waals surface area contributed by atoms with Gasteiger partial charge in [0.15, 0.2) is 0 Å². The van der Waals surface area contributed by atoms with Gasteiger partial charge in [-0.25, -0.2) is 0 Å². The van der Waals surface area contributed by atoms with Gasteiger partial charge in [0.05, 0.1) is 30.8 Å². The average Bonchev–Trinajstić information content (AvgIpc) is 3.07. The van der Waals surface area contributed by atoms with Crippen LogP contribution in [0.3, 0.4) is 0 Å². The van der Waals surface area contributed by atoms with Crippen LogP contribution in [0, 0.1) is 58.0 Å². The van der Waals surface area contributed by atoms with Crippen molar-refractivity contribution in [3.05, 3.63) is 5.21 Å². The Kier molecular flexibility index (Phi) is 5.74. The molecule has 2 aliphatic heterocycles. The lowest BCUT2D eigenvalue weighted by atomic mass is 9.50. The number of aliphatic hydroxyl groups excluding tert-OH is 1. The smallest absolute Gasteiger partial charge is 0.302 e. The Balaban J connectivity index is 1.29. The molecule has 0 amide bonds. The molecule has 6 fully saturated rings. The first-order valence-electron chi connectivity index (χ1n) is 14.6. The quantitative estimate of drug-likeness (QED) is 0.326. The highest BCUT2D eigenvalue weighted by atomic mass is 16.6. The van der Waals surface area contributed by atoms with Crippen LogP contribution in [0.4, 0.5) is 0 Å². The monoisotopic (exact) mass is 489 g/mol. The number of carbonyl (C=O) groups is 1. The summed E-state index contributed by atoms with van der Waals surface area (Å²) in [5.41, 5.74) is -0.797. The molecule has 2 heterocycles. The summed E-state index contributed by atoms with van der Waals surface area (Å²) in [6, 6.07) is 0.239. The van der Waals surface area contributed by atoms with Crippen molar-refractivity contribution in [3.63, 3.8) is 0 Å². The van der Waals surface area contributed by atoms with E-state index in [4.69, 9.17) is 4.74 Å². The summed E-state index contributed by atoms with van der Waals surface area (Å²) < 4.78 is 5.55. The molecule has 4 saturated carbocycles. The molecule has 14 atom stereocenters. The number of esters is 1. The lowest BCUT2D eigenvalue weighted by Gasteiger charge is -2.64. The molecule has 1 unspecified atom stereocenters. The fourth-order valence-electron chi connectivity index (χ4n) is 11.2. The zero-order chi connectivity index (χ0) is 24.9. The van der Waals surface area contributed by atoms with Gasteiger partial charge in [0.2, 0.25) is 0 Å². The highest BCUT2D eigenvalue weighted by molar-refractivity contribution is 5.66. The number of piperidine rings is 2. The van der Waals surface area contributed by atoms with Crippen molar-refractivity contribution in [2.45, 2.75) is 109 Å². The largest absolute Gasteiger partial charge is 0.633 e. The van der Waals surface area contributed by atoms with Crippen LogP contribution in [0.5, 0.6) is 0 Å². The first kappa shape index (κ1) is 24.6. The molecule has 6 heteroatoms. The lowest BCUT2D eigenvalue weighted by molar-refractivity contribution is -0.929. The van der Waals surface area contributed by atoms with Crippen LogP contribution in [-0.2, 0) is 9.53 Å². The molecular weight excluding hydrogens is 442 g/mol. The normalized spacial score (nSPS) is 59.3. The third kappa shape index (κ3) is 3.52. The summed E-state index contributed by atoms with van der Waals surface area (Å²) in [6.45, 7) is 9.82. The van der Waals surface area contributed by atoms with E-state index >= 15 is 0 Å². The summed E-state index contributed by atoms with van der Waals surface area (Å²) >= 11 is 0. The van der Waals surface area contributed by atoms with E-state index in [1.807, 2.05) is 0 Å². The van der Waals surface area contributed by atoms with Gasteiger partial charge in [0, 0.05) is 31.1 Å². The van der Waals surface area contributed by atoms with Crippen LogP contribution in [-0.4, -0.2) is 57.8 Å². The molecule has 0 spiro atoms. The van der Waals surface area contributed by atoms with E-state index in [1.165, 1.54) is 13.3 Å². The van der Waals surface area contributed by atoms with E-state index in [1.54, 1.807) is 0 Å². The van der Waals surface area contributed by atoms with Crippen molar-refractivity contribution >= 4 is 5.97 Å². The van der Waals surface area contributed by atoms with Gasteiger partial charge < -0.3 is 24.8 Å². The molecule has 6 nitrogen and oxygen atoms in total. The molecule has 35 heavy (non-hydrogen) atoms. The summed E-state index contributed by atoms with van der Waals surface area (Å²) in [5, 5.41) is 38.0. The first-order valence-corrected chi connectivity index (χ1v) is 14.6. The molecule has 4 aliphatic carbocycles. The molecule has 0 bridgehead atoms. The number of quaternary nitrogens is 1. The lowest BCUT2D eigenvalue weighted by Crippen LogP contribution is -2.68. The number of rotatable bonds is 1. The highest BCUT2D eigenvalue weighted by Gasteiger charge is 2.69. The maximum atomic E-state index is 14.2. The van der Waals surface area contributed by atoms with E-state index in [-0.39, 0.29) is 45.9 Å². The Bertz CT molecular complexity index is 866. The zero-order valence-corrected chi connectivity index (χ0v) is 22.2. The number of fused-ring (bicyclic) bond motifs is 8. The molecular formula is C29H47NO5. The highest BCUT2D eigenvalue weighted by Crippen LogP contribution is 2.68. The maximum Gasteiger partial charge on any atom is 0.302 e. The molecule has 0 radical (unpaired) electrons. The van der Waals surface area contributed by atoms with Crippen LogP contribution < -0.4 is 0 Å². The van der Waals surface area contributed by atoms with Crippen LogP contribution >= 0.6 is 0 Å². The third-order valence-corrected chi connectivity index (χ3v) is 12.7. The predicted octanol–water partition coefficient (Wildman–Crippen LogP) is 4.26. The Morgan fingerprint density at radius 2 is 1.71 bits per heavy atom. The fraction of sp³-hybridized carbons (Fsp3) is 0.966. The van der Waals surface area contributed by atoms with Gasteiger partial charge >= 0.3 is 5.97 Å². The van der Waals surface area contributed by atoms with Crippen LogP contribution in [0.15, 0.2) is 0 Å². The van der Waals surface area contributed by atoms with E-state index in [0.29, 0.717) is 42.6 Å². The predicted molar refractivity (Wildman–Crippen MR) is 133 cm³/mol. The van der Waals surface area contributed by atoms with Crippen molar-refractivity contribution in [3.8, 4) is 0 Å². The molecule has 0 aromatic rings. The van der Waals surface area contributed by atoms with Crippen molar-refractivity contribution in [2.24, 2.45) is 52.8 Å². The second-order valence-electron chi connectivity index (χ2n) is 14.3. The topological polar surface area (TPSA) is 89.8 Å². The molecule has 0 aromatic carbocycles. The number of nitrogens with zero attached hydrogens (tertiary/aromatic N) is 1. The number of ether oxygens (including phenoxy) is 1. The number of carbonyl (C=O) groups excluding carboxylic acids is 1. The summed E-state index contributed by atoms with van der Waals surface area (Å²) in [5.74, 6) is 2.30. The minimum Gasteiger partial charge on any atom is -0.633 e. The third-order valence-electron chi connectivity index (χ3n) is 12.7. The number of aliphatic hydroxyl groups is 2. The standard InChI is InChI=1S/C29H47NO5/c1-16-5-6-26-17(2)20-8-10-29(33)22(21(20)15-30(26,34)14-16)12-23-24(29)13-27(32)25-11-19(35-18(3)31)7-9-28(23,25)4/h16-17,19-27,32-33H,5-15H2,1-4H3/t16-,17+,19+,20+,21+,22-,23-,24+,25+,26-,27+,28+,29-,30?/m0/s1. The van der Waals surface area contributed by atoms with Gasteiger partial charge in [0.1, 0.15) is 6.10 Å². The average molecular weight is 490 g/mol. The van der Waals surface area contributed by atoms with Crippen LogP contribution in [0.25, 0.3) is 0 Å². The van der Waals surface area contributed by atoms with E-state index in [9.17, 15) is 20.2 Å². The maximum absolute atomic E-state index is 14.2. The van der Waals surface area contributed by atoms with Crippen molar-refractivity contribution < 1.29 is 24.4 Å². The van der Waals surface area contributed by atoms with Crippen LogP contribution in [0.1, 0.15) is 85.5 Å². The first-order chi connectivity index (χ1) is 16.5. The van der Waals surface area contributed by atoms with Crippen LogP contribution in [0.2, 0.25) is 0 Å². The Morgan fingerprint density at radius 1 is 0.943 bits per heavy atom. The summed E-state index contributed by atoms with van der Waals surface area (Å²) in [7, 11) is 0. The second kappa shape index (κ2) is 8.15. The summed E-state index contributed by atoms with van der Waals surface area (Å²) in [6.07, 6.45) is 7.68. The molecule has 0 aromatic heterocycles. The molecule has 6 aliphatic rings. The Hall–Kier alpha value is -0.690. The number of hydroxylamine groups is 3. The Labute approximate surface area is 211 Å². The zero-order valence-electron chi connectivity index (χ0n) is 22.2. The van der Waals surface area contributed by atoms with Crippen molar-refractivity contribution in [1.82, 2.24) is 0 Å².